The predicted molar refractivity (Wildman–Crippen MR) is 122 cm³/mol. The van der Waals surface area contributed by atoms with E-state index in [0.29, 0.717) is 13.1 Å². The average molecular weight is 437 g/mol. The highest BCUT2D eigenvalue weighted by molar-refractivity contribution is 5.79. The molecule has 0 unspecified atom stereocenters. The van der Waals surface area contributed by atoms with E-state index in [1.165, 1.54) is 0 Å². The van der Waals surface area contributed by atoms with E-state index in [4.69, 9.17) is 4.74 Å². The number of hydrogen-bond donors (Lipinski definition) is 2. The Bertz CT molecular complexity index is 690. The molecule has 0 atom stereocenters. The molecule has 10 heteroatoms. The van der Waals surface area contributed by atoms with Crippen molar-refractivity contribution >= 4 is 12.1 Å². The average Bonchev–Trinajstić information content (AvgIpc) is 3.18. The lowest BCUT2D eigenvalue weighted by Crippen LogP contribution is -2.50. The third-order valence-electron chi connectivity index (χ3n) is 4.93. The summed E-state index contributed by atoms with van der Waals surface area (Å²) in [6, 6.07) is 0. The Kier molecular flexibility index (Phi) is 10.0. The van der Waals surface area contributed by atoms with Gasteiger partial charge in [-0.2, -0.15) is 0 Å². The molecule has 0 saturated carbocycles. The summed E-state index contributed by atoms with van der Waals surface area (Å²) in [5, 5.41) is 14.7. The van der Waals surface area contributed by atoms with Gasteiger partial charge in [-0.25, -0.2) is 4.79 Å². The first-order chi connectivity index (χ1) is 14.8. The molecule has 2 rings (SSSR count). The van der Waals surface area contributed by atoms with Gasteiger partial charge in [-0.15, -0.1) is 10.2 Å². The number of ether oxygens (including phenoxy) is 1. The topological polar surface area (TPSA) is 99.9 Å². The quantitative estimate of drug-likeness (QED) is 0.342. The first-order valence-electron chi connectivity index (χ1n) is 11.4. The molecule has 1 amide bonds. The van der Waals surface area contributed by atoms with Crippen molar-refractivity contribution in [3.8, 4) is 0 Å². The van der Waals surface area contributed by atoms with Crippen LogP contribution in [0.3, 0.4) is 0 Å². The van der Waals surface area contributed by atoms with Gasteiger partial charge in [0.25, 0.3) is 0 Å². The summed E-state index contributed by atoms with van der Waals surface area (Å²) in [6.07, 6.45) is 3.41. The number of piperazine rings is 1. The molecule has 1 saturated heterocycles. The number of rotatable bonds is 9. The second kappa shape index (κ2) is 12.5. The van der Waals surface area contributed by atoms with E-state index in [0.717, 1.165) is 70.4 Å². The van der Waals surface area contributed by atoms with E-state index in [1.54, 1.807) is 11.2 Å². The molecule has 2 N–H and O–H groups in total. The second-order valence-corrected chi connectivity index (χ2v) is 8.64. The number of carbonyl (C=O) groups is 1. The Balaban J connectivity index is 1.66. The van der Waals surface area contributed by atoms with Crippen molar-refractivity contribution in [2.45, 2.75) is 59.6 Å². The molecule has 0 bridgehead atoms. The standard InChI is InChI=1S/C21H40N8O2/c1-6-18-26-25-17-29(18)12-10-24-19(22-7-2)23-9-8-11-27-13-15-28(16-14-27)20(30)31-21(3,4)5/h17H,6-16H2,1-5H3,(H2,22,23,24). The van der Waals surface area contributed by atoms with E-state index >= 15 is 0 Å². The Hall–Kier alpha value is -2.36. The number of nitrogens with one attached hydrogen (secondary N) is 2. The highest BCUT2D eigenvalue weighted by Crippen LogP contribution is 2.12. The summed E-state index contributed by atoms with van der Waals surface area (Å²) in [4.78, 5) is 21.0. The van der Waals surface area contributed by atoms with Crippen LogP contribution in [0.25, 0.3) is 0 Å². The summed E-state index contributed by atoms with van der Waals surface area (Å²) in [5.41, 5.74) is -0.446. The van der Waals surface area contributed by atoms with Crippen LogP contribution in [-0.2, 0) is 17.7 Å². The first kappa shape index (κ1) is 24.9. The normalized spacial score (nSPS) is 15.8. The van der Waals surface area contributed by atoms with Gasteiger partial charge in [0.2, 0.25) is 0 Å². The lowest BCUT2D eigenvalue weighted by atomic mass is 10.2. The van der Waals surface area contributed by atoms with Gasteiger partial charge in [0.05, 0.1) is 0 Å². The van der Waals surface area contributed by atoms with Crippen LogP contribution in [0.5, 0.6) is 0 Å². The molecule has 176 valence electrons. The van der Waals surface area contributed by atoms with Crippen molar-refractivity contribution in [1.82, 2.24) is 35.2 Å². The molecule has 1 aliphatic rings. The number of amides is 1. The van der Waals surface area contributed by atoms with Crippen LogP contribution < -0.4 is 10.6 Å². The third-order valence-corrected chi connectivity index (χ3v) is 4.93. The molecular weight excluding hydrogens is 396 g/mol. The van der Waals surface area contributed by atoms with Gasteiger partial charge >= 0.3 is 6.09 Å². The third kappa shape index (κ3) is 9.12. The summed E-state index contributed by atoms with van der Waals surface area (Å²) in [7, 11) is 0. The summed E-state index contributed by atoms with van der Waals surface area (Å²) >= 11 is 0. The minimum atomic E-state index is -0.446. The molecule has 0 radical (unpaired) electrons. The molecule has 31 heavy (non-hydrogen) atoms. The first-order valence-corrected chi connectivity index (χ1v) is 11.4. The Morgan fingerprint density at radius 1 is 1.16 bits per heavy atom. The van der Waals surface area contributed by atoms with Gasteiger partial charge < -0.3 is 24.8 Å². The molecule has 0 spiro atoms. The van der Waals surface area contributed by atoms with E-state index in [1.807, 2.05) is 20.8 Å². The van der Waals surface area contributed by atoms with Gasteiger partial charge in [0.15, 0.2) is 5.96 Å². The zero-order valence-corrected chi connectivity index (χ0v) is 19.9. The van der Waals surface area contributed by atoms with Gasteiger partial charge in [0, 0.05) is 65.3 Å². The number of nitrogens with zero attached hydrogens (tertiary/aromatic N) is 6. The molecular formula is C21H40N8O2. The summed E-state index contributed by atoms with van der Waals surface area (Å²) in [5.74, 6) is 1.83. The lowest BCUT2D eigenvalue weighted by Gasteiger charge is -2.35. The molecule has 0 aromatic carbocycles. The van der Waals surface area contributed by atoms with E-state index in [-0.39, 0.29) is 6.09 Å². The summed E-state index contributed by atoms with van der Waals surface area (Å²) < 4.78 is 7.52. The largest absolute Gasteiger partial charge is 0.444 e. The SMILES string of the molecule is CCNC(=NCCCN1CCN(C(=O)OC(C)(C)C)CC1)NCCn1cnnc1CC. The monoisotopic (exact) mass is 436 g/mol. The smallest absolute Gasteiger partial charge is 0.410 e. The van der Waals surface area contributed by atoms with Crippen LogP contribution in [0.15, 0.2) is 11.3 Å². The maximum absolute atomic E-state index is 12.2. The Labute approximate surface area is 186 Å². The molecule has 2 heterocycles. The number of hydrogen-bond acceptors (Lipinski definition) is 6. The van der Waals surface area contributed by atoms with Gasteiger partial charge in [0.1, 0.15) is 17.8 Å². The maximum Gasteiger partial charge on any atom is 0.410 e. The molecule has 10 nitrogen and oxygen atoms in total. The van der Waals surface area contributed by atoms with Gasteiger partial charge in [-0.05, 0) is 34.1 Å². The molecule has 1 aliphatic heterocycles. The second-order valence-electron chi connectivity index (χ2n) is 8.64. The maximum atomic E-state index is 12.2. The van der Waals surface area contributed by atoms with Crippen molar-refractivity contribution in [2.75, 3.05) is 52.4 Å². The fraction of sp³-hybridized carbons (Fsp3) is 0.810. The van der Waals surface area contributed by atoms with E-state index < -0.39 is 5.60 Å². The predicted octanol–water partition coefficient (Wildman–Crippen LogP) is 1.34. The fourth-order valence-electron chi connectivity index (χ4n) is 3.34. The van der Waals surface area contributed by atoms with Crippen LogP contribution in [0.4, 0.5) is 4.79 Å². The zero-order chi connectivity index (χ0) is 22.7. The highest BCUT2D eigenvalue weighted by atomic mass is 16.6. The summed E-state index contributed by atoms with van der Waals surface area (Å²) in [6.45, 7) is 17.2. The Morgan fingerprint density at radius 2 is 1.90 bits per heavy atom. The highest BCUT2D eigenvalue weighted by Gasteiger charge is 2.25. The van der Waals surface area contributed by atoms with E-state index in [9.17, 15) is 4.79 Å². The number of aliphatic imine (C=N–C) groups is 1. The van der Waals surface area contributed by atoms with Crippen molar-refractivity contribution in [3.05, 3.63) is 12.2 Å². The van der Waals surface area contributed by atoms with E-state index in [2.05, 4.69) is 49.1 Å². The van der Waals surface area contributed by atoms with Gasteiger partial charge in [-0.1, -0.05) is 6.92 Å². The number of guanidine groups is 1. The molecule has 1 aromatic heterocycles. The minimum Gasteiger partial charge on any atom is -0.444 e. The van der Waals surface area contributed by atoms with Crippen LogP contribution >= 0.6 is 0 Å². The zero-order valence-electron chi connectivity index (χ0n) is 19.9. The fourth-order valence-corrected chi connectivity index (χ4v) is 3.34. The van der Waals surface area contributed by atoms with Crippen LogP contribution in [0, 0.1) is 0 Å². The Morgan fingerprint density at radius 3 is 2.55 bits per heavy atom. The lowest BCUT2D eigenvalue weighted by molar-refractivity contribution is 0.0145. The van der Waals surface area contributed by atoms with Gasteiger partial charge in [-0.3, -0.25) is 9.89 Å². The minimum absolute atomic E-state index is 0.212. The molecule has 1 aromatic rings. The van der Waals surface area contributed by atoms with Crippen molar-refractivity contribution in [3.63, 3.8) is 0 Å². The molecule has 1 fully saturated rings. The van der Waals surface area contributed by atoms with Crippen molar-refractivity contribution < 1.29 is 9.53 Å². The number of carbonyl (C=O) groups excluding carboxylic acids is 1. The number of aryl methyl sites for hydroxylation is 1. The van der Waals surface area contributed by atoms with Crippen LogP contribution in [-0.4, -0.2) is 94.6 Å². The number of aromatic nitrogens is 3. The van der Waals surface area contributed by atoms with Crippen LogP contribution in [0.1, 0.15) is 46.9 Å². The van der Waals surface area contributed by atoms with Crippen molar-refractivity contribution in [1.29, 1.82) is 0 Å². The van der Waals surface area contributed by atoms with Crippen LogP contribution in [0.2, 0.25) is 0 Å². The van der Waals surface area contributed by atoms with Crippen molar-refractivity contribution in [2.24, 2.45) is 4.99 Å². The molecule has 0 aliphatic carbocycles.